The Labute approximate surface area is 180 Å². The van der Waals surface area contributed by atoms with E-state index in [2.05, 4.69) is 39.6 Å². The fraction of sp³-hybridized carbons (Fsp3) is 0.160. The van der Waals surface area contributed by atoms with Crippen LogP contribution >= 0.6 is 0 Å². The number of rotatable bonds is 6. The minimum atomic E-state index is -0.394. The van der Waals surface area contributed by atoms with Gasteiger partial charge >= 0.3 is 6.09 Å². The Kier molecular flexibility index (Phi) is 5.19. The van der Waals surface area contributed by atoms with E-state index < -0.39 is 6.09 Å². The van der Waals surface area contributed by atoms with Gasteiger partial charge in [0.05, 0.1) is 11.9 Å². The Morgan fingerprint density at radius 1 is 1.03 bits per heavy atom. The predicted molar refractivity (Wildman–Crippen MR) is 120 cm³/mol. The summed E-state index contributed by atoms with van der Waals surface area (Å²) in [6.45, 7) is 0.826. The number of hydrogen-bond acceptors (Lipinski definition) is 4. The molecule has 5 rings (SSSR count). The lowest BCUT2D eigenvalue weighted by Crippen LogP contribution is -2.26. The van der Waals surface area contributed by atoms with Gasteiger partial charge in [-0.3, -0.25) is 4.40 Å². The van der Waals surface area contributed by atoms with Crippen molar-refractivity contribution in [2.24, 2.45) is 0 Å². The molecule has 1 aliphatic rings. The summed E-state index contributed by atoms with van der Waals surface area (Å²) in [6.07, 6.45) is 9.68. The number of benzene rings is 2. The minimum absolute atomic E-state index is 0.0711. The summed E-state index contributed by atoms with van der Waals surface area (Å²) in [6, 6.07) is 18.5. The summed E-state index contributed by atoms with van der Waals surface area (Å²) in [5.41, 5.74) is 5.81. The quantitative estimate of drug-likeness (QED) is 0.469. The van der Waals surface area contributed by atoms with E-state index in [1.807, 2.05) is 53.1 Å². The van der Waals surface area contributed by atoms with E-state index in [-0.39, 0.29) is 5.92 Å². The molecular formula is C25H22N4O2. The molecule has 2 aromatic carbocycles. The van der Waals surface area contributed by atoms with E-state index in [0.717, 1.165) is 5.69 Å². The zero-order valence-corrected chi connectivity index (χ0v) is 16.9. The maximum atomic E-state index is 12.2. The van der Waals surface area contributed by atoms with Crippen molar-refractivity contribution in [1.82, 2.24) is 19.7 Å². The molecule has 2 aromatic heterocycles. The molecule has 0 unspecified atom stereocenters. The first-order valence-corrected chi connectivity index (χ1v) is 10.3. The Hall–Kier alpha value is -3.93. The van der Waals surface area contributed by atoms with Crippen LogP contribution in [0.5, 0.6) is 0 Å². The number of carbonyl (C=O) groups is 1. The van der Waals surface area contributed by atoms with Crippen molar-refractivity contribution < 1.29 is 9.53 Å². The highest BCUT2D eigenvalue weighted by Crippen LogP contribution is 2.44. The molecule has 0 aliphatic heterocycles. The molecule has 0 saturated heterocycles. The number of aromatic nitrogens is 3. The lowest BCUT2D eigenvalue weighted by Gasteiger charge is -2.14. The summed E-state index contributed by atoms with van der Waals surface area (Å²) >= 11 is 0. The van der Waals surface area contributed by atoms with Gasteiger partial charge in [0.2, 0.25) is 5.78 Å². The summed E-state index contributed by atoms with van der Waals surface area (Å²) in [4.78, 5) is 20.7. The number of fused-ring (bicyclic) bond motifs is 4. The zero-order valence-electron chi connectivity index (χ0n) is 16.9. The molecule has 4 aromatic rings. The van der Waals surface area contributed by atoms with E-state index >= 15 is 0 Å². The van der Waals surface area contributed by atoms with Crippen molar-refractivity contribution in [2.75, 3.05) is 13.2 Å². The average molecular weight is 410 g/mol. The molecule has 0 radical (unpaired) electrons. The fourth-order valence-corrected chi connectivity index (χ4v) is 4.08. The molecule has 0 bridgehead atoms. The number of imidazole rings is 1. The first kappa shape index (κ1) is 19.1. The van der Waals surface area contributed by atoms with Gasteiger partial charge in [-0.25, -0.2) is 14.8 Å². The fourth-order valence-electron chi connectivity index (χ4n) is 4.08. The van der Waals surface area contributed by atoms with Crippen LogP contribution in [0.2, 0.25) is 0 Å². The first-order valence-electron chi connectivity index (χ1n) is 10.3. The number of nitrogens with one attached hydrogen (secondary N) is 1. The molecule has 0 saturated carbocycles. The molecule has 0 spiro atoms. The van der Waals surface area contributed by atoms with Crippen molar-refractivity contribution in [3.8, 4) is 11.1 Å². The third kappa shape index (κ3) is 3.80. The van der Waals surface area contributed by atoms with Gasteiger partial charge in [-0.2, -0.15) is 0 Å². The topological polar surface area (TPSA) is 68.5 Å². The molecule has 31 heavy (non-hydrogen) atoms. The normalized spacial score (nSPS) is 12.8. The maximum absolute atomic E-state index is 12.2. The van der Waals surface area contributed by atoms with Crippen LogP contribution in [0.1, 0.15) is 29.2 Å². The van der Waals surface area contributed by atoms with Crippen molar-refractivity contribution in [3.63, 3.8) is 0 Å². The molecule has 6 nitrogen and oxygen atoms in total. The number of hydrogen-bond donors (Lipinski definition) is 1. The van der Waals surface area contributed by atoms with Crippen molar-refractivity contribution in [3.05, 3.63) is 96.1 Å². The van der Waals surface area contributed by atoms with Gasteiger partial charge in [-0.15, -0.1) is 0 Å². The smallest absolute Gasteiger partial charge is 0.407 e. The average Bonchev–Trinajstić information content (AvgIpc) is 3.37. The molecule has 154 valence electrons. The second kappa shape index (κ2) is 8.44. The highest BCUT2D eigenvalue weighted by molar-refractivity contribution is 5.79. The van der Waals surface area contributed by atoms with Crippen molar-refractivity contribution in [2.45, 2.75) is 12.3 Å². The molecule has 0 atom stereocenters. The highest BCUT2D eigenvalue weighted by Gasteiger charge is 2.28. The summed E-state index contributed by atoms with van der Waals surface area (Å²) in [5.74, 6) is 0.737. The van der Waals surface area contributed by atoms with E-state index in [9.17, 15) is 4.79 Å². The number of nitrogens with zero attached hydrogens (tertiary/aromatic N) is 3. The van der Waals surface area contributed by atoms with Crippen LogP contribution in [0.3, 0.4) is 0 Å². The minimum Gasteiger partial charge on any atom is -0.449 e. The SMILES string of the molecule is O=C(NCCC=Cc1cnc2ncccn12)OCC1c2ccccc2-c2ccccc21. The third-order valence-electron chi connectivity index (χ3n) is 5.53. The zero-order chi connectivity index (χ0) is 21.0. The molecule has 1 aliphatic carbocycles. The Bertz CT molecular complexity index is 1220. The van der Waals surface area contributed by atoms with Crippen molar-refractivity contribution in [1.29, 1.82) is 0 Å². The van der Waals surface area contributed by atoms with Gasteiger partial charge in [0, 0.05) is 24.9 Å². The number of amides is 1. The van der Waals surface area contributed by atoms with Gasteiger partial charge in [0.1, 0.15) is 6.61 Å². The number of carbonyl (C=O) groups excluding carboxylic acids is 1. The Balaban J connectivity index is 1.13. The second-order valence-electron chi connectivity index (χ2n) is 7.42. The molecule has 1 amide bonds. The summed E-state index contributed by atoms with van der Waals surface area (Å²) in [7, 11) is 0. The number of ether oxygens (including phenoxy) is 1. The maximum Gasteiger partial charge on any atom is 0.407 e. The summed E-state index contributed by atoms with van der Waals surface area (Å²) in [5, 5.41) is 2.82. The van der Waals surface area contributed by atoms with Crippen LogP contribution in [0.15, 0.2) is 79.3 Å². The van der Waals surface area contributed by atoms with Gasteiger partial charge in [0.25, 0.3) is 0 Å². The molecule has 0 fully saturated rings. The van der Waals surface area contributed by atoms with E-state index in [1.165, 1.54) is 22.3 Å². The van der Waals surface area contributed by atoms with Crippen LogP contribution < -0.4 is 5.32 Å². The van der Waals surface area contributed by atoms with Crippen LogP contribution in [0.4, 0.5) is 4.79 Å². The molecule has 6 heteroatoms. The second-order valence-corrected chi connectivity index (χ2v) is 7.42. The van der Waals surface area contributed by atoms with Gasteiger partial charge in [-0.1, -0.05) is 54.6 Å². The summed E-state index contributed by atoms with van der Waals surface area (Å²) < 4.78 is 7.47. The highest BCUT2D eigenvalue weighted by atomic mass is 16.5. The van der Waals surface area contributed by atoms with Crippen molar-refractivity contribution >= 4 is 17.9 Å². The van der Waals surface area contributed by atoms with Crippen LogP contribution in [-0.2, 0) is 4.74 Å². The molecule has 2 heterocycles. The van der Waals surface area contributed by atoms with Gasteiger partial charge < -0.3 is 10.1 Å². The van der Waals surface area contributed by atoms with Crippen LogP contribution in [0.25, 0.3) is 23.0 Å². The lowest BCUT2D eigenvalue weighted by atomic mass is 9.98. The standard InChI is InChI=1S/C25H22N4O2/c30-25(27-13-6-5-8-18-16-28-24-26-14-7-15-29(18)24)31-17-23-21-11-3-1-9-19(21)20-10-2-4-12-22(20)23/h1-5,7-12,14-16,23H,6,13,17H2,(H,27,30). The Morgan fingerprint density at radius 2 is 1.77 bits per heavy atom. The number of alkyl carbamates (subject to hydrolysis) is 1. The van der Waals surface area contributed by atoms with Gasteiger partial charge in [0.15, 0.2) is 0 Å². The largest absolute Gasteiger partial charge is 0.449 e. The predicted octanol–water partition coefficient (Wildman–Crippen LogP) is 4.67. The Morgan fingerprint density at radius 3 is 2.55 bits per heavy atom. The molecule has 1 N–H and O–H groups in total. The first-order chi connectivity index (χ1) is 15.3. The van der Waals surface area contributed by atoms with E-state index in [0.29, 0.717) is 25.4 Å². The third-order valence-corrected chi connectivity index (χ3v) is 5.53. The molecular weight excluding hydrogens is 388 g/mol. The van der Waals surface area contributed by atoms with Crippen LogP contribution in [-0.4, -0.2) is 33.6 Å². The van der Waals surface area contributed by atoms with Gasteiger partial charge in [-0.05, 0) is 40.8 Å². The monoisotopic (exact) mass is 410 g/mol. The van der Waals surface area contributed by atoms with E-state index in [1.54, 1.807) is 12.4 Å². The lowest BCUT2D eigenvalue weighted by molar-refractivity contribution is 0.143. The van der Waals surface area contributed by atoms with E-state index in [4.69, 9.17) is 4.74 Å². The van der Waals surface area contributed by atoms with Crippen LogP contribution in [0, 0.1) is 0 Å².